The van der Waals surface area contributed by atoms with Crippen molar-refractivity contribution in [1.82, 2.24) is 19.6 Å². The summed E-state index contributed by atoms with van der Waals surface area (Å²) in [5.74, 6) is 2.97. The highest BCUT2D eigenvalue weighted by atomic mass is 16.5. The number of phenolic OH excluding ortho intramolecular Hbond substituents is 1. The van der Waals surface area contributed by atoms with E-state index in [-0.39, 0.29) is 18.3 Å². The van der Waals surface area contributed by atoms with Crippen molar-refractivity contribution in [3.63, 3.8) is 0 Å². The van der Waals surface area contributed by atoms with Gasteiger partial charge in [0.25, 0.3) is 0 Å². The normalized spacial score (nSPS) is 14.2. The van der Waals surface area contributed by atoms with Gasteiger partial charge in [-0.3, -0.25) is 0 Å². The van der Waals surface area contributed by atoms with Crippen molar-refractivity contribution < 1.29 is 19.3 Å². The minimum Gasteiger partial charge on any atom is -0.508 e. The number of hydrogen-bond acceptors (Lipinski definition) is 7. The Labute approximate surface area is 201 Å². The molecule has 3 heterocycles. The second-order valence-corrected chi connectivity index (χ2v) is 8.34. The summed E-state index contributed by atoms with van der Waals surface area (Å²) in [5, 5.41) is 14.6. The molecule has 174 valence electrons. The number of aryl methyl sites for hydroxylation is 1. The van der Waals surface area contributed by atoms with Crippen molar-refractivity contribution in [3.05, 3.63) is 101 Å². The number of benzene rings is 3. The Hall–Kier alpha value is -4.59. The van der Waals surface area contributed by atoms with Crippen LogP contribution in [0.15, 0.2) is 73.1 Å². The third kappa shape index (κ3) is 3.69. The van der Waals surface area contributed by atoms with Crippen LogP contribution in [-0.2, 0) is 6.61 Å². The number of methoxy groups -OCH3 is 1. The fourth-order valence-corrected chi connectivity index (χ4v) is 4.41. The molecule has 0 saturated carbocycles. The largest absolute Gasteiger partial charge is 0.508 e. The molecule has 0 bridgehead atoms. The van der Waals surface area contributed by atoms with Crippen molar-refractivity contribution in [3.8, 4) is 28.9 Å². The van der Waals surface area contributed by atoms with Crippen molar-refractivity contribution in [2.75, 3.05) is 7.11 Å². The predicted octanol–water partition coefficient (Wildman–Crippen LogP) is 5.01. The first kappa shape index (κ1) is 21.0. The first-order valence-electron chi connectivity index (χ1n) is 11.2. The zero-order valence-corrected chi connectivity index (χ0v) is 19.2. The smallest absolute Gasteiger partial charge is 0.228 e. The van der Waals surface area contributed by atoms with Crippen LogP contribution in [0.1, 0.15) is 34.0 Å². The molecule has 0 aliphatic carbocycles. The van der Waals surface area contributed by atoms with Crippen LogP contribution in [0.5, 0.6) is 28.9 Å². The highest BCUT2D eigenvalue weighted by Gasteiger charge is 2.33. The van der Waals surface area contributed by atoms with Gasteiger partial charge in [-0.2, -0.15) is 0 Å². The molecular weight excluding hydrogens is 444 g/mol. The number of nitrogens with zero attached hydrogens (tertiary/aromatic N) is 4. The van der Waals surface area contributed by atoms with Gasteiger partial charge in [0.15, 0.2) is 11.5 Å². The fraction of sp³-hybridized carbons (Fsp3) is 0.148. The molecule has 5 aromatic rings. The minimum absolute atomic E-state index is 0.125. The van der Waals surface area contributed by atoms with Gasteiger partial charge in [-0.25, -0.2) is 14.5 Å². The Morgan fingerprint density at radius 3 is 2.69 bits per heavy atom. The van der Waals surface area contributed by atoms with Crippen LogP contribution in [0.4, 0.5) is 0 Å². The van der Waals surface area contributed by atoms with E-state index in [1.54, 1.807) is 30.1 Å². The molecule has 1 atom stereocenters. The summed E-state index contributed by atoms with van der Waals surface area (Å²) in [6.45, 7) is 2.22. The Morgan fingerprint density at radius 2 is 1.89 bits per heavy atom. The summed E-state index contributed by atoms with van der Waals surface area (Å²) in [4.78, 5) is 9.33. The van der Waals surface area contributed by atoms with Gasteiger partial charge in [0, 0.05) is 17.5 Å². The third-order valence-electron chi connectivity index (χ3n) is 6.13. The van der Waals surface area contributed by atoms with Gasteiger partial charge in [0.05, 0.1) is 12.7 Å². The van der Waals surface area contributed by atoms with Gasteiger partial charge in [-0.15, -0.1) is 5.10 Å². The van der Waals surface area contributed by atoms with E-state index in [1.807, 2.05) is 61.5 Å². The second kappa shape index (κ2) is 8.32. The van der Waals surface area contributed by atoms with Crippen molar-refractivity contribution in [2.45, 2.75) is 19.4 Å². The molecule has 8 heteroatoms. The van der Waals surface area contributed by atoms with Crippen LogP contribution >= 0.6 is 0 Å². The van der Waals surface area contributed by atoms with Crippen molar-refractivity contribution >= 4 is 5.65 Å². The predicted molar refractivity (Wildman–Crippen MR) is 128 cm³/mol. The number of rotatable bonds is 5. The standard InChI is InChI=1S/C27H22N4O4/c1-16-5-3-4-6-21(16)34-14-23-29-26-25-24(17-7-10-19(33-2)11-8-17)20-12-9-18(32)13-22(20)35-27(25)28-15-31(26)30-23/h3-13,15,24,32H,14H2,1-2H3/t24-/m1/s1. The molecule has 1 aliphatic rings. The first-order chi connectivity index (χ1) is 17.1. The topological polar surface area (TPSA) is 91.0 Å². The van der Waals surface area contributed by atoms with Gasteiger partial charge in [-0.1, -0.05) is 36.4 Å². The molecule has 6 rings (SSSR count). The monoisotopic (exact) mass is 466 g/mol. The van der Waals surface area contributed by atoms with Crippen molar-refractivity contribution in [1.29, 1.82) is 0 Å². The quantitative estimate of drug-likeness (QED) is 0.382. The van der Waals surface area contributed by atoms with Crippen LogP contribution < -0.4 is 14.2 Å². The Balaban J connectivity index is 1.46. The molecule has 0 amide bonds. The molecular formula is C27H22N4O4. The minimum atomic E-state index is -0.231. The lowest BCUT2D eigenvalue weighted by Gasteiger charge is -2.28. The molecule has 35 heavy (non-hydrogen) atoms. The fourth-order valence-electron chi connectivity index (χ4n) is 4.41. The molecule has 0 fully saturated rings. The summed E-state index contributed by atoms with van der Waals surface area (Å²) in [6.07, 6.45) is 1.58. The van der Waals surface area contributed by atoms with E-state index in [1.165, 1.54) is 0 Å². The zero-order chi connectivity index (χ0) is 23.9. The molecule has 2 aromatic heterocycles. The van der Waals surface area contributed by atoms with Gasteiger partial charge < -0.3 is 19.3 Å². The number of hydrogen-bond donors (Lipinski definition) is 1. The molecule has 0 spiro atoms. The Kier molecular flexibility index (Phi) is 4.99. The molecule has 0 radical (unpaired) electrons. The SMILES string of the molecule is COc1ccc([C@@H]2c3ccc(O)cc3Oc3ncn4nc(COc5ccccc5C)nc4c32)cc1. The summed E-state index contributed by atoms with van der Waals surface area (Å²) in [6, 6.07) is 20.8. The van der Waals surface area contributed by atoms with Crippen molar-refractivity contribution in [2.24, 2.45) is 0 Å². The number of ether oxygens (including phenoxy) is 3. The highest BCUT2D eigenvalue weighted by Crippen LogP contribution is 2.48. The summed E-state index contributed by atoms with van der Waals surface area (Å²) >= 11 is 0. The average Bonchev–Trinajstić information content (AvgIpc) is 3.30. The van der Waals surface area contributed by atoms with E-state index in [4.69, 9.17) is 19.2 Å². The van der Waals surface area contributed by atoms with E-state index in [2.05, 4.69) is 10.1 Å². The number of aromatic nitrogens is 4. The lowest BCUT2D eigenvalue weighted by atomic mass is 9.84. The van der Waals surface area contributed by atoms with E-state index in [0.717, 1.165) is 33.8 Å². The number of aromatic hydroxyl groups is 1. The summed E-state index contributed by atoms with van der Waals surface area (Å²) in [7, 11) is 1.64. The van der Waals surface area contributed by atoms with Gasteiger partial charge in [0.1, 0.15) is 35.9 Å². The lowest BCUT2D eigenvalue weighted by Crippen LogP contribution is -2.15. The second-order valence-electron chi connectivity index (χ2n) is 8.34. The molecule has 0 unspecified atom stereocenters. The summed E-state index contributed by atoms with van der Waals surface area (Å²) < 4.78 is 19.1. The Morgan fingerprint density at radius 1 is 1.06 bits per heavy atom. The average molecular weight is 466 g/mol. The van der Waals surface area contributed by atoms with E-state index >= 15 is 0 Å². The van der Waals surface area contributed by atoms with Crippen LogP contribution in [0.2, 0.25) is 0 Å². The van der Waals surface area contributed by atoms with Crippen LogP contribution in [0, 0.1) is 6.92 Å². The Bertz CT molecular complexity index is 1550. The number of fused-ring (bicyclic) bond motifs is 4. The molecule has 1 N–H and O–H groups in total. The van der Waals surface area contributed by atoms with E-state index in [9.17, 15) is 5.11 Å². The number of phenols is 1. The maximum Gasteiger partial charge on any atom is 0.228 e. The zero-order valence-electron chi connectivity index (χ0n) is 19.2. The lowest BCUT2D eigenvalue weighted by molar-refractivity contribution is 0.294. The summed E-state index contributed by atoms with van der Waals surface area (Å²) in [5.41, 5.74) is 4.39. The molecule has 3 aromatic carbocycles. The number of para-hydroxylation sites is 1. The maximum atomic E-state index is 10.1. The van der Waals surface area contributed by atoms with Gasteiger partial charge in [-0.05, 0) is 42.3 Å². The van der Waals surface area contributed by atoms with E-state index in [0.29, 0.717) is 23.1 Å². The van der Waals surface area contributed by atoms with Crippen LogP contribution in [0.25, 0.3) is 5.65 Å². The third-order valence-corrected chi connectivity index (χ3v) is 6.13. The molecule has 8 nitrogen and oxygen atoms in total. The first-order valence-corrected chi connectivity index (χ1v) is 11.2. The molecule has 1 aliphatic heterocycles. The van der Waals surface area contributed by atoms with Gasteiger partial charge in [0.2, 0.25) is 5.88 Å². The highest BCUT2D eigenvalue weighted by molar-refractivity contribution is 5.66. The molecule has 0 saturated heterocycles. The van der Waals surface area contributed by atoms with Gasteiger partial charge >= 0.3 is 0 Å². The van der Waals surface area contributed by atoms with E-state index < -0.39 is 0 Å². The maximum absolute atomic E-state index is 10.1. The van der Waals surface area contributed by atoms with Crippen LogP contribution in [-0.4, -0.2) is 31.8 Å². The van der Waals surface area contributed by atoms with Crippen LogP contribution in [0.3, 0.4) is 0 Å².